The second-order valence-corrected chi connectivity index (χ2v) is 10.9. The van der Waals surface area contributed by atoms with Crippen LogP contribution in [-0.2, 0) is 4.79 Å². The molecule has 0 aromatic heterocycles. The number of hydrogen-bond donors (Lipinski definition) is 0. The van der Waals surface area contributed by atoms with Crippen LogP contribution in [0.5, 0.6) is 0 Å². The van der Waals surface area contributed by atoms with Gasteiger partial charge in [0.15, 0.2) is 0 Å². The number of ketones is 1. The standard InChI is InChI=1S/C13H25FOSi/c1-13(2,3)9-12(15)10-6-7-11(8-10)16(4,5)14/h10-11H,6-9H2,1-5H3/t10-,11-/m1/s1. The minimum Gasteiger partial charge on any atom is -0.314 e. The van der Waals surface area contributed by atoms with Crippen LogP contribution in [0.3, 0.4) is 0 Å². The zero-order chi connectivity index (χ0) is 12.6. The number of halogens is 1. The number of Topliss-reactive ketones (excluding diaryl/α,β-unsaturated/α-hetero) is 1. The van der Waals surface area contributed by atoms with Crippen molar-refractivity contribution in [1.82, 2.24) is 0 Å². The maximum atomic E-state index is 13.9. The zero-order valence-corrected chi connectivity index (χ0v) is 12.3. The molecular formula is C13H25FOSi. The third kappa shape index (κ3) is 4.00. The Labute approximate surface area is 100.0 Å². The predicted molar refractivity (Wildman–Crippen MR) is 68.8 cm³/mol. The molecule has 0 radical (unpaired) electrons. The predicted octanol–water partition coefficient (Wildman–Crippen LogP) is 4.34. The second kappa shape index (κ2) is 4.59. The molecule has 0 saturated heterocycles. The van der Waals surface area contributed by atoms with Gasteiger partial charge in [0.2, 0.25) is 8.41 Å². The van der Waals surface area contributed by atoms with Crippen molar-refractivity contribution < 1.29 is 8.90 Å². The Kier molecular flexibility index (Phi) is 3.98. The average Bonchev–Trinajstić information content (AvgIpc) is 2.46. The molecule has 0 aliphatic heterocycles. The first-order chi connectivity index (χ1) is 7.09. The van der Waals surface area contributed by atoms with Gasteiger partial charge in [0.05, 0.1) is 0 Å². The molecule has 1 nitrogen and oxygen atoms in total. The smallest absolute Gasteiger partial charge is 0.244 e. The van der Waals surface area contributed by atoms with Crippen molar-refractivity contribution in [1.29, 1.82) is 0 Å². The van der Waals surface area contributed by atoms with Crippen LogP contribution in [-0.4, -0.2) is 14.2 Å². The van der Waals surface area contributed by atoms with Crippen molar-refractivity contribution in [3.63, 3.8) is 0 Å². The summed E-state index contributed by atoms with van der Waals surface area (Å²) in [5.41, 5.74) is 0.277. The molecule has 1 aliphatic rings. The highest BCUT2D eigenvalue weighted by atomic mass is 28.4. The molecule has 0 spiro atoms. The summed E-state index contributed by atoms with van der Waals surface area (Å²) in [6.45, 7) is 9.81. The monoisotopic (exact) mass is 244 g/mol. The summed E-state index contributed by atoms with van der Waals surface area (Å²) in [4.78, 5) is 12.0. The van der Waals surface area contributed by atoms with Gasteiger partial charge in [-0.1, -0.05) is 20.8 Å². The third-order valence-electron chi connectivity index (χ3n) is 3.56. The normalized spacial score (nSPS) is 27.1. The first-order valence-corrected chi connectivity index (χ1v) is 9.27. The van der Waals surface area contributed by atoms with E-state index >= 15 is 0 Å². The Hall–Kier alpha value is -0.183. The topological polar surface area (TPSA) is 17.1 Å². The molecule has 1 aliphatic carbocycles. The fraction of sp³-hybridized carbons (Fsp3) is 0.923. The van der Waals surface area contributed by atoms with E-state index in [1.165, 1.54) is 0 Å². The Morgan fingerprint density at radius 1 is 1.31 bits per heavy atom. The number of rotatable bonds is 3. The summed E-state index contributed by atoms with van der Waals surface area (Å²) in [7, 11) is -2.52. The van der Waals surface area contributed by atoms with Gasteiger partial charge < -0.3 is 4.11 Å². The van der Waals surface area contributed by atoms with Crippen LogP contribution in [0.4, 0.5) is 4.11 Å². The fourth-order valence-electron chi connectivity index (χ4n) is 2.56. The Morgan fingerprint density at radius 2 is 1.88 bits per heavy atom. The third-order valence-corrected chi connectivity index (χ3v) is 6.03. The van der Waals surface area contributed by atoms with Crippen molar-refractivity contribution in [3.05, 3.63) is 0 Å². The van der Waals surface area contributed by atoms with Crippen LogP contribution in [0.2, 0.25) is 18.6 Å². The summed E-state index contributed by atoms with van der Waals surface area (Å²) >= 11 is 0. The summed E-state index contributed by atoms with van der Waals surface area (Å²) < 4.78 is 13.9. The van der Waals surface area contributed by atoms with Gasteiger partial charge in [0.25, 0.3) is 0 Å². The highest BCUT2D eigenvalue weighted by Gasteiger charge is 2.41. The average molecular weight is 244 g/mol. The molecule has 0 N–H and O–H groups in total. The van der Waals surface area contributed by atoms with E-state index in [0.717, 1.165) is 19.3 Å². The van der Waals surface area contributed by atoms with Crippen molar-refractivity contribution in [2.24, 2.45) is 11.3 Å². The molecule has 1 fully saturated rings. The molecule has 0 aromatic rings. The Morgan fingerprint density at radius 3 is 2.25 bits per heavy atom. The van der Waals surface area contributed by atoms with Crippen LogP contribution in [0.15, 0.2) is 0 Å². The maximum absolute atomic E-state index is 13.9. The van der Waals surface area contributed by atoms with Crippen LogP contribution >= 0.6 is 0 Å². The molecule has 16 heavy (non-hydrogen) atoms. The minimum atomic E-state index is -2.52. The van der Waals surface area contributed by atoms with Crippen LogP contribution in [0, 0.1) is 11.3 Å². The van der Waals surface area contributed by atoms with Crippen molar-refractivity contribution >= 4 is 14.2 Å². The quantitative estimate of drug-likeness (QED) is 0.533. The molecule has 0 aromatic carbocycles. The van der Waals surface area contributed by atoms with E-state index in [1.807, 2.05) is 0 Å². The van der Waals surface area contributed by atoms with Crippen LogP contribution in [0.25, 0.3) is 0 Å². The Balaban J connectivity index is 2.51. The van der Waals surface area contributed by atoms with E-state index in [-0.39, 0.29) is 16.9 Å². The lowest BCUT2D eigenvalue weighted by Gasteiger charge is -2.21. The lowest BCUT2D eigenvalue weighted by atomic mass is 9.85. The van der Waals surface area contributed by atoms with Gasteiger partial charge in [-0.25, -0.2) is 0 Å². The van der Waals surface area contributed by atoms with Crippen LogP contribution in [0.1, 0.15) is 46.5 Å². The van der Waals surface area contributed by atoms with Crippen molar-refractivity contribution in [2.45, 2.75) is 65.1 Å². The fourth-order valence-corrected chi connectivity index (χ4v) is 4.26. The summed E-state index contributed by atoms with van der Waals surface area (Å²) in [6.07, 6.45) is 3.29. The maximum Gasteiger partial charge on any atom is 0.244 e. The van der Waals surface area contributed by atoms with Gasteiger partial charge >= 0.3 is 0 Å². The van der Waals surface area contributed by atoms with Gasteiger partial charge in [-0.3, -0.25) is 4.79 Å². The van der Waals surface area contributed by atoms with E-state index in [4.69, 9.17) is 0 Å². The summed E-state index contributed by atoms with van der Waals surface area (Å²) in [5.74, 6) is 0.500. The molecule has 94 valence electrons. The first-order valence-electron chi connectivity index (χ1n) is 6.31. The van der Waals surface area contributed by atoms with E-state index in [1.54, 1.807) is 13.1 Å². The van der Waals surface area contributed by atoms with Gasteiger partial charge in [-0.05, 0) is 43.3 Å². The molecule has 1 rings (SSSR count). The molecule has 0 heterocycles. The highest BCUT2D eigenvalue weighted by Crippen LogP contribution is 2.43. The van der Waals surface area contributed by atoms with E-state index in [2.05, 4.69) is 20.8 Å². The molecule has 1 saturated carbocycles. The molecule has 3 heteroatoms. The van der Waals surface area contributed by atoms with Crippen molar-refractivity contribution in [3.8, 4) is 0 Å². The molecule has 0 unspecified atom stereocenters. The molecule has 2 atom stereocenters. The SMILES string of the molecule is CC(C)(C)CC(=O)[C@@H]1CC[C@@H]([Si](C)(C)F)C1. The lowest BCUT2D eigenvalue weighted by molar-refractivity contribution is -0.124. The minimum absolute atomic E-state index is 0.0673. The van der Waals surface area contributed by atoms with Crippen LogP contribution < -0.4 is 0 Å². The first kappa shape index (κ1) is 13.9. The van der Waals surface area contributed by atoms with Gasteiger partial charge in [0.1, 0.15) is 5.78 Å². The second-order valence-electron chi connectivity index (χ2n) is 6.98. The van der Waals surface area contributed by atoms with E-state index in [0.29, 0.717) is 12.2 Å². The summed E-state index contributed by atoms with van der Waals surface area (Å²) in [6, 6.07) is 0. The van der Waals surface area contributed by atoms with Gasteiger partial charge in [-0.15, -0.1) is 0 Å². The molecular weight excluding hydrogens is 219 g/mol. The highest BCUT2D eigenvalue weighted by molar-refractivity contribution is 6.72. The molecule has 0 amide bonds. The lowest BCUT2D eigenvalue weighted by Crippen LogP contribution is -2.26. The zero-order valence-electron chi connectivity index (χ0n) is 11.3. The van der Waals surface area contributed by atoms with Gasteiger partial charge in [0, 0.05) is 12.3 Å². The van der Waals surface area contributed by atoms with E-state index in [9.17, 15) is 8.90 Å². The van der Waals surface area contributed by atoms with Crippen molar-refractivity contribution in [2.75, 3.05) is 0 Å². The number of carbonyl (C=O) groups excluding carboxylic acids is 1. The Bertz CT molecular complexity index is 262. The number of hydrogen-bond acceptors (Lipinski definition) is 1. The van der Waals surface area contributed by atoms with E-state index < -0.39 is 8.41 Å². The largest absolute Gasteiger partial charge is 0.314 e. The van der Waals surface area contributed by atoms with Gasteiger partial charge in [-0.2, -0.15) is 0 Å². The molecule has 0 bridgehead atoms. The summed E-state index contributed by atoms with van der Waals surface area (Å²) in [5, 5.41) is 0. The number of carbonyl (C=O) groups is 1.